The number of aromatic nitrogens is 6. The number of nitriles is 1. The topological polar surface area (TPSA) is 89.6 Å². The molecule has 0 saturated carbocycles. The van der Waals surface area contributed by atoms with E-state index in [1.165, 1.54) is 0 Å². The van der Waals surface area contributed by atoms with Crippen LogP contribution >= 0.6 is 0 Å². The minimum Gasteiger partial charge on any atom is -0.318 e. The Kier molecular flexibility index (Phi) is 6.42. The molecular weight excluding hydrogens is 737 g/mol. The molecule has 60 heavy (non-hydrogen) atoms. The first kappa shape index (κ1) is 32.4. The maximum atomic E-state index is 11.7. The summed E-state index contributed by atoms with van der Waals surface area (Å²) in [5.41, 5.74) is 8.96. The molecule has 0 amide bonds. The summed E-state index contributed by atoms with van der Waals surface area (Å²) in [6.07, 6.45) is 7.19. The van der Waals surface area contributed by atoms with Crippen molar-refractivity contribution in [2.75, 3.05) is 0 Å². The number of rotatable bonds is 4. The maximum Gasteiger partial charge on any atom is 0.220 e. The summed E-state index contributed by atoms with van der Waals surface area (Å²) in [7, 11) is 0. The van der Waals surface area contributed by atoms with Crippen LogP contribution in [0, 0.1) is 17.9 Å². The van der Waals surface area contributed by atoms with E-state index in [1.54, 1.807) is 6.33 Å². The third kappa shape index (κ3) is 4.01. The van der Waals surface area contributed by atoms with Gasteiger partial charge in [0.15, 0.2) is 0 Å². The predicted octanol–water partition coefficient (Wildman–Crippen LogP) is 12.7. The molecule has 274 valence electrons. The van der Waals surface area contributed by atoms with Crippen molar-refractivity contribution in [3.05, 3.63) is 175 Å². The molecule has 8 aromatic carbocycles. The van der Waals surface area contributed by atoms with Gasteiger partial charge in [-0.1, -0.05) is 109 Å². The van der Waals surface area contributed by atoms with Gasteiger partial charge in [-0.05, 0) is 62.3 Å². The zero-order chi connectivity index (χ0) is 39.6. The Labute approximate surface area is 341 Å². The summed E-state index contributed by atoms with van der Waals surface area (Å²) in [4.78, 5) is 24.0. The first-order valence-electron chi connectivity index (χ1n) is 19.6. The molecule has 0 aliphatic carbocycles. The van der Waals surface area contributed by atoms with E-state index in [1.807, 2.05) is 67.1 Å². The van der Waals surface area contributed by atoms with Gasteiger partial charge in [0.2, 0.25) is 5.69 Å². The zero-order valence-electron chi connectivity index (χ0n) is 31.6. The molecule has 0 fully saturated rings. The first-order valence-corrected chi connectivity index (χ1v) is 19.6. The molecule has 0 aliphatic rings. The molecule has 0 atom stereocenters. The third-order valence-corrected chi connectivity index (χ3v) is 12.3. The average Bonchev–Trinajstić information content (AvgIpc) is 3.84. The Bertz CT molecular complexity index is 3620. The standard InChI is InChI=1S/C52H26N8/c1-54-48-41(29-12-4-2-5-13-29)37(26-53)49(60-51-45-34(22-24-56-51)31-16-8-9-17-32(31)35-23-25-57-52(60)46(35)45)42(30-14-6-3-7-15-30)50(48)59-39-20-10-18-33-38-27-55-28-58-47(38)36-19-11-21-40(59)44(36)43(33)39/h2-25,27-28H. The number of fused-ring (bicyclic) bond motifs is 6. The second-order valence-electron chi connectivity index (χ2n) is 15.1. The summed E-state index contributed by atoms with van der Waals surface area (Å²) < 4.78 is 4.33. The van der Waals surface area contributed by atoms with E-state index in [0.29, 0.717) is 39.5 Å². The highest BCUT2D eigenvalue weighted by Gasteiger charge is 2.33. The largest absolute Gasteiger partial charge is 0.318 e. The van der Waals surface area contributed by atoms with Crippen LogP contribution in [-0.4, -0.2) is 29.1 Å². The van der Waals surface area contributed by atoms with Crippen molar-refractivity contribution in [3.63, 3.8) is 0 Å². The fourth-order valence-electron chi connectivity index (χ4n) is 10.1. The molecule has 13 rings (SSSR count). The highest BCUT2D eigenvalue weighted by Crippen LogP contribution is 2.54. The fraction of sp³-hybridized carbons (Fsp3) is 0. The third-order valence-electron chi connectivity index (χ3n) is 12.3. The van der Waals surface area contributed by atoms with Gasteiger partial charge < -0.3 is 4.57 Å². The Morgan fingerprint density at radius 3 is 1.67 bits per heavy atom. The van der Waals surface area contributed by atoms with E-state index in [-0.39, 0.29) is 0 Å². The summed E-state index contributed by atoms with van der Waals surface area (Å²) in [5, 5.41) is 23.1. The number of benzene rings is 8. The molecule has 8 nitrogen and oxygen atoms in total. The van der Waals surface area contributed by atoms with Gasteiger partial charge in [0.25, 0.3) is 0 Å². The van der Waals surface area contributed by atoms with Crippen LogP contribution in [0.1, 0.15) is 5.56 Å². The Hall–Kier alpha value is -8.72. The fourth-order valence-corrected chi connectivity index (χ4v) is 10.1. The van der Waals surface area contributed by atoms with Crippen molar-refractivity contribution in [1.82, 2.24) is 29.1 Å². The van der Waals surface area contributed by atoms with Crippen molar-refractivity contribution in [2.45, 2.75) is 0 Å². The summed E-state index contributed by atoms with van der Waals surface area (Å²) in [6.45, 7) is 9.13. The van der Waals surface area contributed by atoms with Crippen molar-refractivity contribution in [3.8, 4) is 39.7 Å². The van der Waals surface area contributed by atoms with E-state index in [2.05, 4.69) is 110 Å². The Morgan fingerprint density at radius 2 is 1.05 bits per heavy atom. The molecule has 5 aromatic heterocycles. The van der Waals surface area contributed by atoms with Gasteiger partial charge in [-0.25, -0.2) is 24.8 Å². The van der Waals surface area contributed by atoms with E-state index in [9.17, 15) is 5.26 Å². The van der Waals surface area contributed by atoms with Crippen LogP contribution in [-0.2, 0) is 0 Å². The van der Waals surface area contributed by atoms with Crippen molar-refractivity contribution in [1.29, 1.82) is 5.26 Å². The minimum absolute atomic E-state index is 0.360. The van der Waals surface area contributed by atoms with Gasteiger partial charge in [-0.2, -0.15) is 5.26 Å². The summed E-state index contributed by atoms with van der Waals surface area (Å²) in [5.74, 6) is 0. The lowest BCUT2D eigenvalue weighted by Gasteiger charge is -2.25. The lowest BCUT2D eigenvalue weighted by molar-refractivity contribution is 1.09. The van der Waals surface area contributed by atoms with Crippen LogP contribution in [0.4, 0.5) is 5.69 Å². The van der Waals surface area contributed by atoms with Gasteiger partial charge in [-0.15, -0.1) is 0 Å². The van der Waals surface area contributed by atoms with Gasteiger partial charge in [0.1, 0.15) is 23.7 Å². The average molecular weight is 763 g/mol. The predicted molar refractivity (Wildman–Crippen MR) is 241 cm³/mol. The molecule has 0 saturated heterocycles. The van der Waals surface area contributed by atoms with E-state index < -0.39 is 0 Å². The molecule has 0 radical (unpaired) electrons. The molecule has 0 unspecified atom stereocenters. The van der Waals surface area contributed by atoms with Crippen molar-refractivity contribution < 1.29 is 0 Å². The van der Waals surface area contributed by atoms with E-state index in [0.717, 1.165) is 92.5 Å². The van der Waals surface area contributed by atoms with Crippen molar-refractivity contribution >= 4 is 92.8 Å². The Morgan fingerprint density at radius 1 is 0.500 bits per heavy atom. The first-order chi connectivity index (χ1) is 29.8. The van der Waals surface area contributed by atoms with Crippen LogP contribution in [0.5, 0.6) is 0 Å². The van der Waals surface area contributed by atoms with Crippen LogP contribution in [0.3, 0.4) is 0 Å². The lowest BCUT2D eigenvalue weighted by Crippen LogP contribution is -2.09. The number of hydrogen-bond acceptors (Lipinski definition) is 5. The number of nitrogens with zero attached hydrogens (tertiary/aromatic N) is 8. The maximum absolute atomic E-state index is 11.7. The summed E-state index contributed by atoms with van der Waals surface area (Å²) >= 11 is 0. The second kappa shape index (κ2) is 11.9. The van der Waals surface area contributed by atoms with E-state index in [4.69, 9.17) is 21.5 Å². The van der Waals surface area contributed by atoms with Crippen LogP contribution < -0.4 is 0 Å². The molecule has 0 N–H and O–H groups in total. The monoisotopic (exact) mass is 762 g/mol. The molecule has 0 aliphatic heterocycles. The molecule has 5 heterocycles. The number of hydrogen-bond donors (Lipinski definition) is 0. The Balaban J connectivity index is 1.33. The van der Waals surface area contributed by atoms with E-state index >= 15 is 0 Å². The van der Waals surface area contributed by atoms with Crippen LogP contribution in [0.15, 0.2) is 158 Å². The van der Waals surface area contributed by atoms with Crippen LogP contribution in [0.25, 0.3) is 126 Å². The molecule has 13 aromatic rings. The second-order valence-corrected chi connectivity index (χ2v) is 15.1. The van der Waals surface area contributed by atoms with Gasteiger partial charge in [0, 0.05) is 62.0 Å². The minimum atomic E-state index is 0.360. The SMILES string of the molecule is [C-]#[N+]c1c(-c2ccccc2)c(C#N)c(-n2c3nccc4c5ccccc5c5ccnc2c5c43)c(-c2ccccc2)c1-n1c2cccc3c4cncnc4c4cccc1c4c32. The van der Waals surface area contributed by atoms with Gasteiger partial charge in [0.05, 0.1) is 40.1 Å². The zero-order valence-corrected chi connectivity index (χ0v) is 31.6. The normalized spacial score (nSPS) is 12.0. The smallest absolute Gasteiger partial charge is 0.220 e. The highest BCUT2D eigenvalue weighted by atomic mass is 15.1. The molecular formula is C52H26N8. The molecule has 0 bridgehead atoms. The lowest BCUT2D eigenvalue weighted by atomic mass is 9.88. The summed E-state index contributed by atoms with van der Waals surface area (Å²) in [6, 6.07) is 47.8. The number of pyridine rings is 2. The molecule has 0 spiro atoms. The van der Waals surface area contributed by atoms with Gasteiger partial charge >= 0.3 is 0 Å². The van der Waals surface area contributed by atoms with Crippen LogP contribution in [0.2, 0.25) is 0 Å². The van der Waals surface area contributed by atoms with Gasteiger partial charge in [-0.3, -0.25) is 4.57 Å². The van der Waals surface area contributed by atoms with Crippen molar-refractivity contribution in [2.24, 2.45) is 0 Å². The molecule has 8 heteroatoms. The quantitative estimate of drug-likeness (QED) is 0.132. The highest BCUT2D eigenvalue weighted by molar-refractivity contribution is 6.35.